The van der Waals surface area contributed by atoms with E-state index in [0.29, 0.717) is 30.5 Å². The molecular formula is C14H21F3N4O3. The van der Waals surface area contributed by atoms with Crippen LogP contribution in [0.2, 0.25) is 0 Å². The first kappa shape index (κ1) is 18.3. The van der Waals surface area contributed by atoms with E-state index in [1.54, 1.807) is 20.8 Å². The zero-order valence-electron chi connectivity index (χ0n) is 14.1. The molecule has 7 nitrogen and oxygen atoms in total. The molecule has 0 radical (unpaired) electrons. The van der Waals surface area contributed by atoms with Gasteiger partial charge in [-0.1, -0.05) is 0 Å². The van der Waals surface area contributed by atoms with Gasteiger partial charge < -0.3 is 9.64 Å². The standard InChI is InChI=1S/C14H21F3N4O3/c1-13(2,3)24-12(23)20-7-5-9(6-8-20)21-11(22)19(4)10(18-21)14(15,16)17/h9H,5-8H2,1-4H3. The highest BCUT2D eigenvalue weighted by atomic mass is 19.4. The Kier molecular flexibility index (Phi) is 4.69. The number of carbonyl (C=O) groups is 1. The van der Waals surface area contributed by atoms with Crippen molar-refractivity contribution in [3.05, 3.63) is 16.3 Å². The van der Waals surface area contributed by atoms with E-state index in [0.717, 1.165) is 11.7 Å². The summed E-state index contributed by atoms with van der Waals surface area (Å²) < 4.78 is 45.1. The minimum atomic E-state index is -4.68. The first-order valence-electron chi connectivity index (χ1n) is 7.61. The Morgan fingerprint density at radius 1 is 1.21 bits per heavy atom. The lowest BCUT2D eigenvalue weighted by Crippen LogP contribution is -2.43. The van der Waals surface area contributed by atoms with Crippen molar-refractivity contribution in [2.45, 2.75) is 51.4 Å². The number of alkyl halides is 3. The van der Waals surface area contributed by atoms with Gasteiger partial charge in [-0.3, -0.25) is 4.57 Å². The minimum absolute atomic E-state index is 0.296. The molecule has 0 saturated carbocycles. The van der Waals surface area contributed by atoms with E-state index in [1.807, 2.05) is 0 Å². The van der Waals surface area contributed by atoms with Crippen molar-refractivity contribution in [2.24, 2.45) is 7.05 Å². The van der Waals surface area contributed by atoms with E-state index in [4.69, 9.17) is 4.74 Å². The lowest BCUT2D eigenvalue weighted by Gasteiger charge is -2.33. The van der Waals surface area contributed by atoms with Crippen LogP contribution in [0.1, 0.15) is 45.5 Å². The molecule has 1 aliphatic heterocycles. The van der Waals surface area contributed by atoms with Gasteiger partial charge in [-0.2, -0.15) is 13.2 Å². The fourth-order valence-electron chi connectivity index (χ4n) is 2.56. The Bertz CT molecular complexity index is 664. The van der Waals surface area contributed by atoms with Gasteiger partial charge in [0.05, 0.1) is 6.04 Å². The molecule has 2 heterocycles. The second-order valence-corrected chi connectivity index (χ2v) is 6.81. The summed E-state index contributed by atoms with van der Waals surface area (Å²) >= 11 is 0. The molecule has 10 heteroatoms. The number of amides is 1. The predicted octanol–water partition coefficient (Wildman–Crippen LogP) is 2.17. The Labute approximate surface area is 137 Å². The molecule has 1 saturated heterocycles. The average molecular weight is 350 g/mol. The summed E-state index contributed by atoms with van der Waals surface area (Å²) in [7, 11) is 1.05. The minimum Gasteiger partial charge on any atom is -0.444 e. The van der Waals surface area contributed by atoms with Gasteiger partial charge in [0.15, 0.2) is 0 Å². The van der Waals surface area contributed by atoms with Crippen molar-refractivity contribution in [3.63, 3.8) is 0 Å². The molecule has 0 unspecified atom stereocenters. The Hall–Kier alpha value is -2.00. The van der Waals surface area contributed by atoms with Crippen LogP contribution in [0.4, 0.5) is 18.0 Å². The zero-order valence-corrected chi connectivity index (χ0v) is 14.1. The molecular weight excluding hydrogens is 329 g/mol. The molecule has 0 spiro atoms. The smallest absolute Gasteiger partial charge is 0.444 e. The highest BCUT2D eigenvalue weighted by Gasteiger charge is 2.39. The average Bonchev–Trinajstić information content (AvgIpc) is 2.73. The molecule has 2 rings (SSSR count). The van der Waals surface area contributed by atoms with Crippen LogP contribution in [0.15, 0.2) is 4.79 Å². The number of rotatable bonds is 1. The van der Waals surface area contributed by atoms with Gasteiger partial charge in [0.1, 0.15) is 5.60 Å². The fourth-order valence-corrected chi connectivity index (χ4v) is 2.56. The number of halogens is 3. The monoisotopic (exact) mass is 350 g/mol. The van der Waals surface area contributed by atoms with E-state index < -0.39 is 35.4 Å². The fraction of sp³-hybridized carbons (Fsp3) is 0.786. The van der Waals surface area contributed by atoms with Crippen molar-refractivity contribution in [1.82, 2.24) is 19.2 Å². The number of aromatic nitrogens is 3. The summed E-state index contributed by atoms with van der Waals surface area (Å²) in [4.78, 5) is 25.5. The maximum Gasteiger partial charge on any atom is 0.451 e. The van der Waals surface area contributed by atoms with Gasteiger partial charge in [-0.15, -0.1) is 5.10 Å². The maximum atomic E-state index is 12.8. The molecule has 0 N–H and O–H groups in total. The van der Waals surface area contributed by atoms with Crippen LogP contribution >= 0.6 is 0 Å². The molecule has 1 aromatic rings. The van der Waals surface area contributed by atoms with E-state index in [1.165, 1.54) is 4.90 Å². The van der Waals surface area contributed by atoms with Gasteiger partial charge in [0.25, 0.3) is 0 Å². The Balaban J connectivity index is 2.08. The molecule has 0 atom stereocenters. The highest BCUT2D eigenvalue weighted by Crippen LogP contribution is 2.28. The number of nitrogens with zero attached hydrogens (tertiary/aromatic N) is 4. The Morgan fingerprint density at radius 3 is 2.17 bits per heavy atom. The van der Waals surface area contributed by atoms with Crippen LogP contribution in [0.5, 0.6) is 0 Å². The second kappa shape index (κ2) is 6.14. The van der Waals surface area contributed by atoms with Gasteiger partial charge in [0, 0.05) is 20.1 Å². The molecule has 136 valence electrons. The van der Waals surface area contributed by atoms with Gasteiger partial charge in [-0.05, 0) is 33.6 Å². The summed E-state index contributed by atoms with van der Waals surface area (Å²) in [5.74, 6) is -1.22. The lowest BCUT2D eigenvalue weighted by atomic mass is 10.1. The van der Waals surface area contributed by atoms with Crippen LogP contribution in [-0.2, 0) is 18.0 Å². The van der Waals surface area contributed by atoms with Crippen LogP contribution in [0, 0.1) is 0 Å². The van der Waals surface area contributed by atoms with Crippen molar-refractivity contribution in [2.75, 3.05) is 13.1 Å². The number of hydrogen-bond acceptors (Lipinski definition) is 4. The van der Waals surface area contributed by atoms with Crippen LogP contribution < -0.4 is 5.69 Å². The van der Waals surface area contributed by atoms with Crippen molar-refractivity contribution < 1.29 is 22.7 Å². The van der Waals surface area contributed by atoms with Gasteiger partial charge in [0.2, 0.25) is 5.82 Å². The van der Waals surface area contributed by atoms with E-state index in [2.05, 4.69) is 5.10 Å². The number of ether oxygens (including phenoxy) is 1. The van der Waals surface area contributed by atoms with Crippen LogP contribution in [0.3, 0.4) is 0 Å². The third kappa shape index (κ3) is 3.90. The molecule has 24 heavy (non-hydrogen) atoms. The van der Waals surface area contributed by atoms with Gasteiger partial charge in [-0.25, -0.2) is 14.3 Å². The summed E-state index contributed by atoms with van der Waals surface area (Å²) in [5.41, 5.74) is -1.42. The molecule has 1 amide bonds. The maximum absolute atomic E-state index is 12.8. The third-order valence-corrected chi connectivity index (χ3v) is 3.72. The number of hydrogen-bond donors (Lipinski definition) is 0. The van der Waals surface area contributed by atoms with E-state index in [9.17, 15) is 22.8 Å². The number of carbonyl (C=O) groups excluding carboxylic acids is 1. The van der Waals surface area contributed by atoms with E-state index in [-0.39, 0.29) is 0 Å². The predicted molar refractivity (Wildman–Crippen MR) is 78.5 cm³/mol. The number of piperidine rings is 1. The topological polar surface area (TPSA) is 69.4 Å². The van der Waals surface area contributed by atoms with Crippen LogP contribution in [0.25, 0.3) is 0 Å². The van der Waals surface area contributed by atoms with Crippen LogP contribution in [-0.4, -0.2) is 44.0 Å². The first-order valence-corrected chi connectivity index (χ1v) is 7.61. The SMILES string of the molecule is Cn1c(C(F)(F)F)nn(C2CCN(C(=O)OC(C)(C)C)CC2)c1=O. The van der Waals surface area contributed by atoms with Crippen molar-refractivity contribution in [1.29, 1.82) is 0 Å². The molecule has 0 aliphatic carbocycles. The summed E-state index contributed by atoms with van der Waals surface area (Å²) in [6, 6.07) is -0.474. The van der Waals surface area contributed by atoms with Crippen molar-refractivity contribution >= 4 is 6.09 Å². The van der Waals surface area contributed by atoms with Gasteiger partial charge >= 0.3 is 18.0 Å². The highest BCUT2D eigenvalue weighted by molar-refractivity contribution is 5.68. The normalized spacial score (nSPS) is 17.2. The zero-order chi connectivity index (χ0) is 18.3. The van der Waals surface area contributed by atoms with Crippen molar-refractivity contribution in [3.8, 4) is 0 Å². The van der Waals surface area contributed by atoms with E-state index >= 15 is 0 Å². The quantitative estimate of drug-likeness (QED) is 0.778. The largest absolute Gasteiger partial charge is 0.451 e. The lowest BCUT2D eigenvalue weighted by molar-refractivity contribution is -0.147. The summed E-state index contributed by atoms with van der Waals surface area (Å²) in [6.07, 6.45) is -4.47. The molecule has 1 aliphatic rings. The first-order chi connectivity index (χ1) is 10.9. The summed E-state index contributed by atoms with van der Waals surface area (Å²) in [5, 5.41) is 3.44. The molecule has 1 aromatic heterocycles. The summed E-state index contributed by atoms with van der Waals surface area (Å²) in [6.45, 7) is 5.85. The molecule has 0 bridgehead atoms. The Morgan fingerprint density at radius 2 is 1.75 bits per heavy atom. The number of likely N-dealkylation sites (tertiary alicyclic amines) is 1. The third-order valence-electron chi connectivity index (χ3n) is 3.72. The molecule has 1 fully saturated rings. The second-order valence-electron chi connectivity index (χ2n) is 6.81. The molecule has 0 aromatic carbocycles.